The van der Waals surface area contributed by atoms with Crippen LogP contribution < -0.4 is 11.2 Å². The summed E-state index contributed by atoms with van der Waals surface area (Å²) in [5.74, 6) is 0.419. The molecule has 0 saturated carbocycles. The molecule has 1 aromatic heterocycles. The number of hydrogen-bond acceptors (Lipinski definition) is 2. The van der Waals surface area contributed by atoms with Crippen LogP contribution in [-0.4, -0.2) is 9.13 Å². The predicted octanol–water partition coefficient (Wildman–Crippen LogP) is 2.25. The van der Waals surface area contributed by atoms with Gasteiger partial charge in [0.2, 0.25) is 0 Å². The lowest BCUT2D eigenvalue weighted by Crippen LogP contribution is -2.40. The summed E-state index contributed by atoms with van der Waals surface area (Å²) >= 11 is 0. The number of nitrogens with zero attached hydrogens (tertiary/aromatic N) is 2. The molecule has 18 heavy (non-hydrogen) atoms. The Morgan fingerprint density at radius 1 is 1.22 bits per heavy atom. The minimum Gasteiger partial charge on any atom is -0.301 e. The molecule has 0 aromatic carbocycles. The first-order valence-corrected chi connectivity index (χ1v) is 6.94. The van der Waals surface area contributed by atoms with E-state index in [1.165, 1.54) is 10.6 Å². The average Bonchev–Trinajstić information content (AvgIpc) is 2.38. The highest BCUT2D eigenvalue weighted by Gasteiger charge is 2.11. The smallest absolute Gasteiger partial charge is 0.301 e. The molecule has 1 rings (SSSR count). The number of aromatic nitrogens is 2. The van der Waals surface area contributed by atoms with Gasteiger partial charge in [0.1, 0.15) is 0 Å². The van der Waals surface area contributed by atoms with Gasteiger partial charge in [0.15, 0.2) is 0 Å². The van der Waals surface area contributed by atoms with Crippen LogP contribution in [0.25, 0.3) is 0 Å². The lowest BCUT2D eigenvalue weighted by molar-refractivity contribution is 0.371. The minimum absolute atomic E-state index is 0.181. The molecule has 0 spiro atoms. The molecule has 1 aromatic rings. The summed E-state index contributed by atoms with van der Waals surface area (Å²) in [5.41, 5.74) is -0.361. The third kappa shape index (κ3) is 3.59. The van der Waals surface area contributed by atoms with Gasteiger partial charge in [-0.25, -0.2) is 4.79 Å². The fourth-order valence-corrected chi connectivity index (χ4v) is 2.14. The van der Waals surface area contributed by atoms with Crippen molar-refractivity contribution in [1.29, 1.82) is 0 Å². The Labute approximate surface area is 108 Å². The number of unbranched alkanes of at least 4 members (excludes halogenated alkanes) is 1. The highest BCUT2D eigenvalue weighted by molar-refractivity contribution is 4.86. The van der Waals surface area contributed by atoms with Crippen LogP contribution in [0, 0.1) is 5.92 Å². The summed E-state index contributed by atoms with van der Waals surface area (Å²) in [6.45, 7) is 7.34. The molecule has 0 saturated heterocycles. The fourth-order valence-electron chi connectivity index (χ4n) is 2.14. The van der Waals surface area contributed by atoms with Crippen molar-refractivity contribution in [2.45, 2.75) is 59.5 Å². The second-order valence-corrected chi connectivity index (χ2v) is 4.75. The molecule has 0 aliphatic heterocycles. The highest BCUT2D eigenvalue weighted by Crippen LogP contribution is 2.13. The zero-order valence-corrected chi connectivity index (χ0v) is 11.7. The van der Waals surface area contributed by atoms with Gasteiger partial charge in [0.05, 0.1) is 0 Å². The molecule has 0 bridgehead atoms. The lowest BCUT2D eigenvalue weighted by atomic mass is 9.99. The van der Waals surface area contributed by atoms with Crippen molar-refractivity contribution in [3.8, 4) is 0 Å². The van der Waals surface area contributed by atoms with E-state index >= 15 is 0 Å². The Morgan fingerprint density at radius 2 is 1.94 bits per heavy atom. The van der Waals surface area contributed by atoms with Gasteiger partial charge in [-0.05, 0) is 19.3 Å². The van der Waals surface area contributed by atoms with E-state index in [0.717, 1.165) is 25.7 Å². The molecule has 0 radical (unpaired) electrons. The lowest BCUT2D eigenvalue weighted by Gasteiger charge is -2.16. The molecule has 4 heteroatoms. The largest absolute Gasteiger partial charge is 0.330 e. The molecular formula is C14H24N2O2. The van der Waals surface area contributed by atoms with E-state index in [1.54, 1.807) is 10.8 Å². The summed E-state index contributed by atoms with van der Waals surface area (Å²) < 4.78 is 2.96. The molecule has 1 heterocycles. The predicted molar refractivity (Wildman–Crippen MR) is 73.9 cm³/mol. The molecular weight excluding hydrogens is 228 g/mol. The second kappa shape index (κ2) is 7.19. The van der Waals surface area contributed by atoms with Gasteiger partial charge in [-0.15, -0.1) is 0 Å². The van der Waals surface area contributed by atoms with Crippen molar-refractivity contribution in [2.75, 3.05) is 0 Å². The summed E-state index contributed by atoms with van der Waals surface area (Å²) in [7, 11) is 0. The summed E-state index contributed by atoms with van der Waals surface area (Å²) in [5, 5.41) is 0. The number of hydrogen-bond donors (Lipinski definition) is 0. The molecule has 102 valence electrons. The standard InChI is InChI=1S/C14H24N2O2/c1-4-7-8-12(5-2)11-16-13(17)9-10-15(6-3)14(16)18/h9-10,12H,4-8,11H2,1-3H3. The maximum atomic E-state index is 12.1. The third-order valence-electron chi connectivity index (χ3n) is 3.46. The Balaban J connectivity index is 2.95. The van der Waals surface area contributed by atoms with Crippen LogP contribution in [0.3, 0.4) is 0 Å². The van der Waals surface area contributed by atoms with Gasteiger partial charge in [-0.1, -0.05) is 33.1 Å². The van der Waals surface area contributed by atoms with E-state index in [9.17, 15) is 9.59 Å². The van der Waals surface area contributed by atoms with E-state index in [-0.39, 0.29) is 11.2 Å². The first-order chi connectivity index (χ1) is 8.63. The Morgan fingerprint density at radius 3 is 2.50 bits per heavy atom. The molecule has 0 amide bonds. The molecule has 0 aliphatic rings. The van der Waals surface area contributed by atoms with Crippen LogP contribution in [-0.2, 0) is 13.1 Å². The van der Waals surface area contributed by atoms with Gasteiger partial charge in [0, 0.05) is 25.4 Å². The number of aryl methyl sites for hydroxylation is 1. The van der Waals surface area contributed by atoms with Gasteiger partial charge >= 0.3 is 5.69 Å². The van der Waals surface area contributed by atoms with Crippen molar-refractivity contribution in [2.24, 2.45) is 5.92 Å². The SMILES string of the molecule is CCCCC(CC)Cn1c(=O)ccn(CC)c1=O. The van der Waals surface area contributed by atoms with Crippen molar-refractivity contribution in [3.63, 3.8) is 0 Å². The van der Waals surface area contributed by atoms with Gasteiger partial charge in [-0.2, -0.15) is 0 Å². The maximum Gasteiger partial charge on any atom is 0.330 e. The van der Waals surface area contributed by atoms with Gasteiger partial charge in [0.25, 0.3) is 5.56 Å². The van der Waals surface area contributed by atoms with Crippen molar-refractivity contribution < 1.29 is 0 Å². The van der Waals surface area contributed by atoms with Gasteiger partial charge < -0.3 is 4.57 Å². The normalized spacial score (nSPS) is 12.6. The Bertz CT molecular complexity index is 473. The number of rotatable bonds is 7. The van der Waals surface area contributed by atoms with Crippen LogP contribution in [0.15, 0.2) is 21.9 Å². The van der Waals surface area contributed by atoms with Crippen LogP contribution in [0.2, 0.25) is 0 Å². The topological polar surface area (TPSA) is 44.0 Å². The van der Waals surface area contributed by atoms with Crippen LogP contribution >= 0.6 is 0 Å². The highest BCUT2D eigenvalue weighted by atomic mass is 16.2. The maximum absolute atomic E-state index is 12.1. The zero-order valence-electron chi connectivity index (χ0n) is 11.7. The van der Waals surface area contributed by atoms with Crippen molar-refractivity contribution >= 4 is 0 Å². The second-order valence-electron chi connectivity index (χ2n) is 4.75. The summed E-state index contributed by atoms with van der Waals surface area (Å²) in [6, 6.07) is 1.48. The minimum atomic E-state index is -0.181. The molecule has 0 aliphatic carbocycles. The third-order valence-corrected chi connectivity index (χ3v) is 3.46. The van der Waals surface area contributed by atoms with Gasteiger partial charge in [-0.3, -0.25) is 9.36 Å². The van der Waals surface area contributed by atoms with Crippen molar-refractivity contribution in [3.05, 3.63) is 33.1 Å². The van der Waals surface area contributed by atoms with Crippen LogP contribution in [0.5, 0.6) is 0 Å². The molecule has 0 N–H and O–H groups in total. The fraction of sp³-hybridized carbons (Fsp3) is 0.714. The first-order valence-electron chi connectivity index (χ1n) is 6.94. The molecule has 1 atom stereocenters. The van der Waals surface area contributed by atoms with Crippen molar-refractivity contribution in [1.82, 2.24) is 9.13 Å². The van der Waals surface area contributed by atoms with Crippen LogP contribution in [0.1, 0.15) is 46.5 Å². The molecule has 4 nitrogen and oxygen atoms in total. The Kier molecular flexibility index (Phi) is 5.89. The average molecular weight is 252 g/mol. The zero-order chi connectivity index (χ0) is 13.5. The van der Waals surface area contributed by atoms with Crippen LogP contribution in [0.4, 0.5) is 0 Å². The van der Waals surface area contributed by atoms with E-state index in [0.29, 0.717) is 19.0 Å². The quantitative estimate of drug-likeness (QED) is 0.747. The Hall–Kier alpha value is -1.32. The molecule has 1 unspecified atom stereocenters. The monoisotopic (exact) mass is 252 g/mol. The van der Waals surface area contributed by atoms with E-state index in [2.05, 4.69) is 13.8 Å². The summed E-state index contributed by atoms with van der Waals surface area (Å²) in [4.78, 5) is 23.9. The summed E-state index contributed by atoms with van der Waals surface area (Å²) in [6.07, 6.45) is 5.97. The van der Waals surface area contributed by atoms with E-state index in [4.69, 9.17) is 0 Å². The van der Waals surface area contributed by atoms with E-state index in [1.807, 2.05) is 6.92 Å². The first kappa shape index (κ1) is 14.7. The van der Waals surface area contributed by atoms with E-state index < -0.39 is 0 Å². The molecule has 0 fully saturated rings.